The molecule has 2 aromatic heterocycles. The number of hydrogen-bond acceptors (Lipinski definition) is 5. The summed E-state index contributed by atoms with van der Waals surface area (Å²) in [7, 11) is 1.96. The van der Waals surface area contributed by atoms with E-state index >= 15 is 0 Å². The van der Waals surface area contributed by atoms with Gasteiger partial charge in [0.25, 0.3) is 0 Å². The molecule has 0 fully saturated rings. The van der Waals surface area contributed by atoms with E-state index in [0.717, 1.165) is 27.7 Å². The van der Waals surface area contributed by atoms with Crippen LogP contribution in [-0.4, -0.2) is 20.2 Å². The summed E-state index contributed by atoms with van der Waals surface area (Å²) in [5.41, 5.74) is 5.88. The quantitative estimate of drug-likeness (QED) is 0.588. The van der Waals surface area contributed by atoms with E-state index in [2.05, 4.69) is 20.5 Å². The van der Waals surface area contributed by atoms with E-state index in [9.17, 15) is 0 Å². The van der Waals surface area contributed by atoms with Crippen molar-refractivity contribution < 1.29 is 0 Å². The Kier molecular flexibility index (Phi) is 3.00. The molecule has 0 saturated heterocycles. The number of hydrazone groups is 1. The third-order valence-corrected chi connectivity index (χ3v) is 3.73. The smallest absolute Gasteiger partial charge is 0.224 e. The molecule has 3 rings (SSSR count). The van der Waals surface area contributed by atoms with Crippen LogP contribution in [0.15, 0.2) is 40.9 Å². The van der Waals surface area contributed by atoms with E-state index in [4.69, 9.17) is 0 Å². The van der Waals surface area contributed by atoms with Crippen LogP contribution in [0.4, 0.5) is 5.95 Å². The molecule has 0 spiro atoms. The van der Waals surface area contributed by atoms with Crippen molar-refractivity contribution in [3.8, 4) is 0 Å². The Labute approximate surface area is 114 Å². The Balaban J connectivity index is 1.90. The van der Waals surface area contributed by atoms with Crippen molar-refractivity contribution in [2.75, 3.05) is 5.43 Å². The van der Waals surface area contributed by atoms with E-state index in [-0.39, 0.29) is 0 Å². The number of nitrogens with one attached hydrogen (secondary N) is 1. The normalized spacial score (nSPS) is 12.0. The highest BCUT2D eigenvalue weighted by atomic mass is 32.1. The Morgan fingerprint density at radius 3 is 2.95 bits per heavy atom. The van der Waals surface area contributed by atoms with Crippen LogP contribution in [0.5, 0.6) is 0 Å². The van der Waals surface area contributed by atoms with Crippen LogP contribution in [0.3, 0.4) is 0 Å². The Morgan fingerprint density at radius 1 is 1.37 bits per heavy atom. The van der Waals surface area contributed by atoms with E-state index < -0.39 is 0 Å². The van der Waals surface area contributed by atoms with E-state index in [1.807, 2.05) is 48.2 Å². The highest BCUT2D eigenvalue weighted by Gasteiger charge is 2.06. The third-order valence-electron chi connectivity index (χ3n) is 2.85. The van der Waals surface area contributed by atoms with Crippen LogP contribution in [0.25, 0.3) is 11.0 Å². The summed E-state index contributed by atoms with van der Waals surface area (Å²) < 4.78 is 1.98. The fourth-order valence-electron chi connectivity index (χ4n) is 1.83. The number of imidazole rings is 1. The monoisotopic (exact) mass is 271 g/mol. The molecule has 19 heavy (non-hydrogen) atoms. The molecule has 96 valence electrons. The maximum absolute atomic E-state index is 4.49. The third kappa shape index (κ3) is 2.22. The lowest BCUT2D eigenvalue weighted by molar-refractivity contribution is 0.942. The summed E-state index contributed by atoms with van der Waals surface area (Å²) in [6, 6.07) is 7.99. The number of aryl methyl sites for hydroxylation is 1. The maximum atomic E-state index is 4.49. The predicted octanol–water partition coefficient (Wildman–Crippen LogP) is 2.87. The molecule has 0 atom stereocenters. The summed E-state index contributed by atoms with van der Waals surface area (Å²) in [6.45, 7) is 1.93. The summed E-state index contributed by atoms with van der Waals surface area (Å²) >= 11 is 1.57. The van der Waals surface area contributed by atoms with E-state index in [1.54, 1.807) is 17.5 Å². The fourth-order valence-corrected chi connectivity index (χ4v) is 2.42. The number of fused-ring (bicyclic) bond motifs is 1. The van der Waals surface area contributed by atoms with E-state index in [1.165, 1.54) is 0 Å². The molecular weight excluding hydrogens is 258 g/mol. The highest BCUT2D eigenvalue weighted by molar-refractivity contribution is 7.11. The van der Waals surface area contributed by atoms with Gasteiger partial charge in [-0.2, -0.15) is 5.10 Å². The molecule has 0 radical (unpaired) electrons. The Morgan fingerprint density at radius 2 is 2.21 bits per heavy atom. The molecule has 1 N–H and O–H groups in total. The molecule has 0 aliphatic carbocycles. The number of thiazole rings is 1. The minimum absolute atomic E-state index is 0.720. The first-order chi connectivity index (χ1) is 9.25. The van der Waals surface area contributed by atoms with Gasteiger partial charge >= 0.3 is 0 Å². The second-order valence-corrected chi connectivity index (χ2v) is 5.02. The first-order valence-electron chi connectivity index (χ1n) is 5.87. The van der Waals surface area contributed by atoms with Crippen LogP contribution in [-0.2, 0) is 7.05 Å². The minimum Gasteiger partial charge on any atom is -0.312 e. The number of hydrogen-bond donors (Lipinski definition) is 1. The fraction of sp³-hybridized carbons (Fsp3) is 0.154. The zero-order valence-electron chi connectivity index (χ0n) is 10.7. The zero-order valence-corrected chi connectivity index (χ0v) is 11.5. The van der Waals surface area contributed by atoms with E-state index in [0.29, 0.717) is 0 Å². The van der Waals surface area contributed by atoms with Gasteiger partial charge in [-0.05, 0) is 19.1 Å². The number of nitrogens with zero attached hydrogens (tertiary/aromatic N) is 4. The number of benzene rings is 1. The lowest BCUT2D eigenvalue weighted by Crippen LogP contribution is -2.03. The summed E-state index contributed by atoms with van der Waals surface area (Å²) in [5.74, 6) is 0.720. The zero-order chi connectivity index (χ0) is 13.2. The molecule has 6 heteroatoms. The molecule has 0 aliphatic rings. The molecule has 5 nitrogen and oxygen atoms in total. The van der Waals surface area contributed by atoms with Gasteiger partial charge in [-0.3, -0.25) is 0 Å². The molecule has 0 unspecified atom stereocenters. The number of anilines is 1. The van der Waals surface area contributed by atoms with Gasteiger partial charge in [0, 0.05) is 18.6 Å². The number of para-hydroxylation sites is 2. The first-order valence-corrected chi connectivity index (χ1v) is 6.75. The van der Waals surface area contributed by atoms with Crippen molar-refractivity contribution in [3.63, 3.8) is 0 Å². The van der Waals surface area contributed by atoms with Gasteiger partial charge in [0.1, 0.15) is 5.01 Å². The second-order valence-electron chi connectivity index (χ2n) is 4.13. The number of rotatable bonds is 3. The van der Waals surface area contributed by atoms with Gasteiger partial charge in [-0.15, -0.1) is 11.3 Å². The average molecular weight is 271 g/mol. The summed E-state index contributed by atoms with van der Waals surface area (Å²) in [6.07, 6.45) is 1.77. The van der Waals surface area contributed by atoms with Crippen molar-refractivity contribution in [2.24, 2.45) is 12.1 Å². The molecule has 2 heterocycles. The Hall–Kier alpha value is -2.21. The van der Waals surface area contributed by atoms with Gasteiger partial charge in [-0.25, -0.2) is 15.4 Å². The summed E-state index contributed by atoms with van der Waals surface area (Å²) in [5, 5.41) is 7.17. The van der Waals surface area contributed by atoms with Crippen LogP contribution < -0.4 is 5.43 Å². The molecule has 0 bridgehead atoms. The lowest BCUT2D eigenvalue weighted by Gasteiger charge is -2.01. The average Bonchev–Trinajstić information content (AvgIpc) is 3.05. The Bertz CT molecular complexity index is 727. The molecule has 0 amide bonds. The van der Waals surface area contributed by atoms with Crippen LogP contribution in [0.1, 0.15) is 11.9 Å². The van der Waals surface area contributed by atoms with Crippen molar-refractivity contribution in [2.45, 2.75) is 6.92 Å². The van der Waals surface area contributed by atoms with Gasteiger partial charge in [0.15, 0.2) is 0 Å². The van der Waals surface area contributed by atoms with Crippen LogP contribution in [0.2, 0.25) is 0 Å². The van der Waals surface area contributed by atoms with Crippen LogP contribution >= 0.6 is 11.3 Å². The first kappa shape index (κ1) is 11.9. The molecule has 0 saturated carbocycles. The molecule has 3 aromatic rings. The molecule has 0 aliphatic heterocycles. The SMILES string of the molecule is C/C(=N\Nc1nc2ccccc2n1C)c1nccs1. The largest absolute Gasteiger partial charge is 0.312 e. The predicted molar refractivity (Wildman–Crippen MR) is 78.7 cm³/mol. The van der Waals surface area contributed by atoms with Crippen molar-refractivity contribution in [1.82, 2.24) is 14.5 Å². The van der Waals surface area contributed by atoms with Crippen molar-refractivity contribution >= 4 is 34.0 Å². The van der Waals surface area contributed by atoms with Gasteiger partial charge in [-0.1, -0.05) is 12.1 Å². The standard InChI is InChI=1S/C13H13N5S/c1-9(12-14-7-8-19-12)16-17-13-15-10-5-3-4-6-11(10)18(13)2/h3-8H,1-2H3,(H,15,17)/b16-9+. The minimum atomic E-state index is 0.720. The molecule has 1 aromatic carbocycles. The second kappa shape index (κ2) is 4.81. The lowest BCUT2D eigenvalue weighted by atomic mass is 10.3. The topological polar surface area (TPSA) is 55.1 Å². The van der Waals surface area contributed by atoms with Crippen LogP contribution in [0, 0.1) is 0 Å². The van der Waals surface area contributed by atoms with Gasteiger partial charge in [0.2, 0.25) is 5.95 Å². The van der Waals surface area contributed by atoms with Crippen molar-refractivity contribution in [3.05, 3.63) is 40.8 Å². The molecular formula is C13H13N5S. The van der Waals surface area contributed by atoms with Gasteiger partial charge < -0.3 is 4.57 Å². The maximum Gasteiger partial charge on any atom is 0.224 e. The highest BCUT2D eigenvalue weighted by Crippen LogP contribution is 2.17. The van der Waals surface area contributed by atoms with Gasteiger partial charge in [0.05, 0.1) is 16.7 Å². The number of aromatic nitrogens is 3. The summed E-state index contributed by atoms with van der Waals surface area (Å²) in [4.78, 5) is 8.71. The van der Waals surface area contributed by atoms with Crippen molar-refractivity contribution in [1.29, 1.82) is 0 Å².